The summed E-state index contributed by atoms with van der Waals surface area (Å²) in [7, 11) is 0. The molecule has 0 aliphatic carbocycles. The van der Waals surface area contributed by atoms with Crippen molar-refractivity contribution in [1.29, 1.82) is 0 Å². The van der Waals surface area contributed by atoms with E-state index in [1.807, 2.05) is 62.9 Å². The van der Waals surface area contributed by atoms with Crippen LogP contribution in [0.4, 0.5) is 5.82 Å². The molecule has 24 heavy (non-hydrogen) atoms. The summed E-state index contributed by atoms with van der Waals surface area (Å²) >= 11 is 0. The maximum Gasteiger partial charge on any atom is 0.273 e. The number of aryl methyl sites for hydroxylation is 1. The van der Waals surface area contributed by atoms with Crippen LogP contribution in [0.1, 0.15) is 49.6 Å². The number of rotatable bonds is 6. The molecule has 0 unspecified atom stereocenters. The van der Waals surface area contributed by atoms with Crippen molar-refractivity contribution in [2.75, 3.05) is 5.32 Å². The highest BCUT2D eigenvalue weighted by Crippen LogP contribution is 2.15. The van der Waals surface area contributed by atoms with E-state index in [1.54, 1.807) is 13.0 Å². The average Bonchev–Trinajstić information content (AvgIpc) is 2.51. The fraction of sp³-hybridized carbons (Fsp3) is 0.421. The van der Waals surface area contributed by atoms with Gasteiger partial charge in [0.1, 0.15) is 17.3 Å². The van der Waals surface area contributed by atoms with Crippen molar-refractivity contribution in [3.63, 3.8) is 0 Å². The molecule has 1 heterocycles. The van der Waals surface area contributed by atoms with Gasteiger partial charge in [-0.3, -0.25) is 4.79 Å². The van der Waals surface area contributed by atoms with Gasteiger partial charge in [-0.05, 0) is 40.2 Å². The first kappa shape index (κ1) is 17.9. The molecule has 0 aliphatic rings. The molecule has 0 saturated carbocycles. The maximum atomic E-state index is 13.0. The minimum atomic E-state index is -0.0776. The van der Waals surface area contributed by atoms with Gasteiger partial charge in [0.25, 0.3) is 5.91 Å². The van der Waals surface area contributed by atoms with Gasteiger partial charge >= 0.3 is 0 Å². The number of carbonyl (C=O) groups excluding carboxylic acids is 1. The minimum absolute atomic E-state index is 0.0776. The number of anilines is 1. The third kappa shape index (κ3) is 4.78. The van der Waals surface area contributed by atoms with E-state index in [2.05, 4.69) is 15.3 Å². The van der Waals surface area contributed by atoms with Crippen molar-refractivity contribution >= 4 is 11.7 Å². The lowest BCUT2D eigenvalue weighted by atomic mass is 10.1. The summed E-state index contributed by atoms with van der Waals surface area (Å²) in [6.07, 6.45) is 0. The Bertz CT molecular complexity index is 683. The van der Waals surface area contributed by atoms with E-state index < -0.39 is 0 Å². The zero-order valence-electron chi connectivity index (χ0n) is 15.1. The molecule has 1 aromatic heterocycles. The Morgan fingerprint density at radius 3 is 2.38 bits per heavy atom. The van der Waals surface area contributed by atoms with Crippen molar-refractivity contribution in [3.8, 4) is 0 Å². The highest BCUT2D eigenvalue weighted by molar-refractivity contribution is 5.93. The number of hydrogen-bond acceptors (Lipinski definition) is 4. The number of nitrogens with zero attached hydrogens (tertiary/aromatic N) is 3. The largest absolute Gasteiger partial charge is 0.368 e. The standard InChI is InChI=1S/C19H26N4O/c1-13(2)20-18-11-17(21-15(5)22-18)19(24)23(14(3)4)12-16-9-7-6-8-10-16/h6-11,13-14H,12H2,1-5H3,(H,20,21,22). The van der Waals surface area contributed by atoms with Crippen molar-refractivity contribution in [2.45, 2.75) is 53.2 Å². The van der Waals surface area contributed by atoms with Crippen LogP contribution in [-0.4, -0.2) is 32.9 Å². The Kier molecular flexibility index (Phi) is 5.90. The lowest BCUT2D eigenvalue weighted by Crippen LogP contribution is -2.37. The quantitative estimate of drug-likeness (QED) is 0.880. The second-order valence-corrected chi connectivity index (χ2v) is 6.50. The molecule has 0 fully saturated rings. The first-order valence-electron chi connectivity index (χ1n) is 8.34. The van der Waals surface area contributed by atoms with E-state index in [0.717, 1.165) is 5.56 Å². The molecule has 2 rings (SSSR count). The maximum absolute atomic E-state index is 13.0. The molecule has 0 saturated heterocycles. The van der Waals surface area contributed by atoms with Crippen LogP contribution in [0, 0.1) is 6.92 Å². The van der Waals surface area contributed by atoms with E-state index in [4.69, 9.17) is 0 Å². The lowest BCUT2D eigenvalue weighted by molar-refractivity contribution is 0.0684. The van der Waals surface area contributed by atoms with E-state index in [-0.39, 0.29) is 18.0 Å². The topological polar surface area (TPSA) is 58.1 Å². The Labute approximate surface area is 144 Å². The van der Waals surface area contributed by atoms with Crippen LogP contribution in [-0.2, 0) is 6.54 Å². The van der Waals surface area contributed by atoms with Gasteiger partial charge in [-0.15, -0.1) is 0 Å². The molecular formula is C19H26N4O. The number of nitrogens with one attached hydrogen (secondary N) is 1. The highest BCUT2D eigenvalue weighted by Gasteiger charge is 2.21. The van der Waals surface area contributed by atoms with Crippen molar-refractivity contribution in [3.05, 3.63) is 53.5 Å². The molecule has 128 valence electrons. The number of carbonyl (C=O) groups is 1. The number of amides is 1. The summed E-state index contributed by atoms with van der Waals surface area (Å²) in [5.74, 6) is 1.20. The summed E-state index contributed by atoms with van der Waals surface area (Å²) < 4.78 is 0. The van der Waals surface area contributed by atoms with Crippen LogP contribution in [0.5, 0.6) is 0 Å². The van der Waals surface area contributed by atoms with Crippen molar-refractivity contribution in [2.24, 2.45) is 0 Å². The zero-order chi connectivity index (χ0) is 17.7. The molecule has 1 amide bonds. The van der Waals surface area contributed by atoms with Crippen LogP contribution in [0.3, 0.4) is 0 Å². The van der Waals surface area contributed by atoms with Crippen LogP contribution >= 0.6 is 0 Å². The average molecular weight is 326 g/mol. The Morgan fingerprint density at radius 2 is 1.79 bits per heavy atom. The SMILES string of the molecule is Cc1nc(NC(C)C)cc(C(=O)N(Cc2ccccc2)C(C)C)n1. The van der Waals surface area contributed by atoms with Gasteiger partial charge in [0.2, 0.25) is 0 Å². The van der Waals surface area contributed by atoms with E-state index in [9.17, 15) is 4.79 Å². The van der Waals surface area contributed by atoms with Gasteiger partial charge < -0.3 is 10.2 Å². The number of hydrogen-bond donors (Lipinski definition) is 1. The molecule has 0 atom stereocenters. The van der Waals surface area contributed by atoms with Gasteiger partial charge in [0.05, 0.1) is 0 Å². The van der Waals surface area contributed by atoms with Crippen LogP contribution in [0.25, 0.3) is 0 Å². The Balaban J connectivity index is 2.28. The van der Waals surface area contributed by atoms with Crippen molar-refractivity contribution in [1.82, 2.24) is 14.9 Å². The van der Waals surface area contributed by atoms with Gasteiger partial charge in [-0.25, -0.2) is 9.97 Å². The highest BCUT2D eigenvalue weighted by atomic mass is 16.2. The summed E-state index contributed by atoms with van der Waals surface area (Å²) in [5, 5.41) is 3.24. The molecule has 0 radical (unpaired) electrons. The fourth-order valence-electron chi connectivity index (χ4n) is 2.46. The monoisotopic (exact) mass is 326 g/mol. The summed E-state index contributed by atoms with van der Waals surface area (Å²) in [5.41, 5.74) is 1.53. The fourth-order valence-corrected chi connectivity index (χ4v) is 2.46. The summed E-state index contributed by atoms with van der Waals surface area (Å²) in [4.78, 5) is 23.5. The molecule has 1 aromatic carbocycles. The normalized spacial score (nSPS) is 11.0. The smallest absolute Gasteiger partial charge is 0.273 e. The number of benzene rings is 1. The molecule has 5 heteroatoms. The lowest BCUT2D eigenvalue weighted by Gasteiger charge is -2.27. The zero-order valence-corrected chi connectivity index (χ0v) is 15.1. The molecule has 1 N–H and O–H groups in total. The van der Waals surface area contributed by atoms with Crippen LogP contribution in [0.15, 0.2) is 36.4 Å². The summed E-state index contributed by atoms with van der Waals surface area (Å²) in [6, 6.07) is 12.1. The van der Waals surface area contributed by atoms with E-state index in [1.165, 1.54) is 0 Å². The number of aromatic nitrogens is 2. The third-order valence-electron chi connectivity index (χ3n) is 3.57. The molecule has 0 aliphatic heterocycles. The molecule has 0 bridgehead atoms. The van der Waals surface area contributed by atoms with Crippen LogP contribution < -0.4 is 5.32 Å². The predicted octanol–water partition coefficient (Wildman–Crippen LogP) is 3.66. The third-order valence-corrected chi connectivity index (χ3v) is 3.57. The minimum Gasteiger partial charge on any atom is -0.368 e. The van der Waals surface area contributed by atoms with Crippen LogP contribution in [0.2, 0.25) is 0 Å². The Morgan fingerprint density at radius 1 is 1.12 bits per heavy atom. The Hall–Kier alpha value is -2.43. The van der Waals surface area contributed by atoms with Gasteiger partial charge in [0, 0.05) is 24.7 Å². The second-order valence-electron chi connectivity index (χ2n) is 6.50. The first-order valence-corrected chi connectivity index (χ1v) is 8.34. The van der Waals surface area contributed by atoms with Crippen molar-refractivity contribution < 1.29 is 4.79 Å². The molecule has 2 aromatic rings. The van der Waals surface area contributed by atoms with Gasteiger partial charge in [-0.2, -0.15) is 0 Å². The van der Waals surface area contributed by atoms with E-state index >= 15 is 0 Å². The molecule has 5 nitrogen and oxygen atoms in total. The van der Waals surface area contributed by atoms with Gasteiger partial charge in [0.15, 0.2) is 0 Å². The van der Waals surface area contributed by atoms with Gasteiger partial charge in [-0.1, -0.05) is 30.3 Å². The molecule has 0 spiro atoms. The summed E-state index contributed by atoms with van der Waals surface area (Å²) in [6.45, 7) is 10.5. The molecular weight excluding hydrogens is 300 g/mol. The second kappa shape index (κ2) is 7.90. The predicted molar refractivity (Wildman–Crippen MR) is 97.0 cm³/mol. The van der Waals surface area contributed by atoms with E-state index in [0.29, 0.717) is 23.9 Å². The first-order chi connectivity index (χ1) is 11.4.